The molecule has 1 atom stereocenters. The fourth-order valence-electron chi connectivity index (χ4n) is 1.41. The Labute approximate surface area is 118 Å². The molecule has 4 nitrogen and oxygen atoms in total. The van der Waals surface area contributed by atoms with E-state index < -0.39 is 6.10 Å². The number of nitrogens with zero attached hydrogens (tertiary/aromatic N) is 1. The van der Waals surface area contributed by atoms with Gasteiger partial charge in [-0.05, 0) is 18.6 Å². The van der Waals surface area contributed by atoms with E-state index in [-0.39, 0.29) is 13.2 Å². The molecule has 0 saturated heterocycles. The van der Waals surface area contributed by atoms with Gasteiger partial charge in [0.05, 0.1) is 12.2 Å². The van der Waals surface area contributed by atoms with E-state index in [2.05, 4.69) is 6.92 Å². The van der Waals surface area contributed by atoms with Gasteiger partial charge in [-0.2, -0.15) is 5.26 Å². The van der Waals surface area contributed by atoms with Crippen LogP contribution < -0.4 is 4.74 Å². The molecule has 104 valence electrons. The van der Waals surface area contributed by atoms with Crippen molar-refractivity contribution in [1.82, 2.24) is 0 Å². The van der Waals surface area contributed by atoms with Crippen LogP contribution in [0.1, 0.15) is 25.3 Å². The lowest BCUT2D eigenvalue weighted by molar-refractivity contribution is 0.0112. The molecule has 0 radical (unpaired) electrons. The SMILES string of the molecule is CCCCOCC(O)COc1cc(Cl)ccc1C#N. The van der Waals surface area contributed by atoms with Crippen molar-refractivity contribution in [3.8, 4) is 11.8 Å². The van der Waals surface area contributed by atoms with Crippen LogP contribution in [0.4, 0.5) is 0 Å². The van der Waals surface area contributed by atoms with Gasteiger partial charge in [0.1, 0.15) is 24.5 Å². The second-order valence-electron chi connectivity index (χ2n) is 4.15. The van der Waals surface area contributed by atoms with Crippen molar-refractivity contribution in [2.45, 2.75) is 25.9 Å². The minimum atomic E-state index is -0.720. The molecule has 0 bridgehead atoms. The molecule has 1 aromatic rings. The van der Waals surface area contributed by atoms with Crippen LogP contribution in [0.25, 0.3) is 0 Å². The van der Waals surface area contributed by atoms with Crippen molar-refractivity contribution in [2.24, 2.45) is 0 Å². The van der Waals surface area contributed by atoms with Crippen LogP contribution in [0.3, 0.4) is 0 Å². The molecule has 0 aliphatic carbocycles. The highest BCUT2D eigenvalue weighted by Crippen LogP contribution is 2.22. The average molecular weight is 284 g/mol. The molecule has 0 amide bonds. The quantitative estimate of drug-likeness (QED) is 0.745. The maximum absolute atomic E-state index is 9.68. The molecule has 0 fully saturated rings. The van der Waals surface area contributed by atoms with Crippen LogP contribution in [0.2, 0.25) is 5.02 Å². The predicted octanol–water partition coefficient (Wildman–Crippen LogP) is 2.77. The molecule has 19 heavy (non-hydrogen) atoms. The van der Waals surface area contributed by atoms with Crippen molar-refractivity contribution in [2.75, 3.05) is 19.8 Å². The Kier molecular flexibility index (Phi) is 7.27. The van der Waals surface area contributed by atoms with Gasteiger partial charge in [0.25, 0.3) is 0 Å². The van der Waals surface area contributed by atoms with Crippen molar-refractivity contribution in [3.63, 3.8) is 0 Å². The van der Waals surface area contributed by atoms with Crippen LogP contribution >= 0.6 is 11.6 Å². The second-order valence-corrected chi connectivity index (χ2v) is 4.58. The molecule has 1 unspecified atom stereocenters. The first-order valence-electron chi connectivity index (χ1n) is 6.25. The van der Waals surface area contributed by atoms with Gasteiger partial charge in [-0.3, -0.25) is 0 Å². The molecule has 0 aromatic heterocycles. The summed E-state index contributed by atoms with van der Waals surface area (Å²) in [4.78, 5) is 0. The Morgan fingerprint density at radius 1 is 1.42 bits per heavy atom. The third-order valence-electron chi connectivity index (χ3n) is 2.45. The highest BCUT2D eigenvalue weighted by molar-refractivity contribution is 6.30. The molecule has 5 heteroatoms. The van der Waals surface area contributed by atoms with E-state index in [9.17, 15) is 5.11 Å². The smallest absolute Gasteiger partial charge is 0.138 e. The summed E-state index contributed by atoms with van der Waals surface area (Å²) in [5.74, 6) is 0.377. The minimum Gasteiger partial charge on any atom is -0.489 e. The lowest BCUT2D eigenvalue weighted by Crippen LogP contribution is -2.23. The topological polar surface area (TPSA) is 62.5 Å². The van der Waals surface area contributed by atoms with Gasteiger partial charge in [-0.1, -0.05) is 24.9 Å². The van der Waals surface area contributed by atoms with E-state index in [0.29, 0.717) is 22.9 Å². The third-order valence-corrected chi connectivity index (χ3v) is 2.68. The van der Waals surface area contributed by atoms with Gasteiger partial charge >= 0.3 is 0 Å². The van der Waals surface area contributed by atoms with Gasteiger partial charge < -0.3 is 14.6 Å². The Hall–Kier alpha value is -1.28. The number of halogens is 1. The monoisotopic (exact) mass is 283 g/mol. The Morgan fingerprint density at radius 3 is 2.89 bits per heavy atom. The molecule has 1 rings (SSSR count). The summed E-state index contributed by atoms with van der Waals surface area (Å²) in [6.45, 7) is 3.00. The maximum atomic E-state index is 9.68. The molecular formula is C14H18ClNO3. The largest absolute Gasteiger partial charge is 0.489 e. The molecule has 0 aliphatic rings. The van der Waals surface area contributed by atoms with Crippen LogP contribution in [-0.2, 0) is 4.74 Å². The van der Waals surface area contributed by atoms with E-state index in [1.165, 1.54) is 0 Å². The number of aliphatic hydroxyl groups is 1. The van der Waals surface area contributed by atoms with Crippen molar-refractivity contribution in [3.05, 3.63) is 28.8 Å². The predicted molar refractivity (Wildman–Crippen MR) is 73.4 cm³/mol. The number of unbranched alkanes of at least 4 members (excludes halogenated alkanes) is 1. The van der Waals surface area contributed by atoms with Crippen LogP contribution in [0.5, 0.6) is 5.75 Å². The van der Waals surface area contributed by atoms with Gasteiger partial charge in [0, 0.05) is 17.7 Å². The van der Waals surface area contributed by atoms with E-state index in [1.807, 2.05) is 6.07 Å². The normalized spacial score (nSPS) is 11.9. The van der Waals surface area contributed by atoms with E-state index in [1.54, 1.807) is 18.2 Å². The molecular weight excluding hydrogens is 266 g/mol. The van der Waals surface area contributed by atoms with Crippen LogP contribution in [-0.4, -0.2) is 31.0 Å². The maximum Gasteiger partial charge on any atom is 0.138 e. The highest BCUT2D eigenvalue weighted by atomic mass is 35.5. The Bertz CT molecular complexity index is 431. The fraction of sp³-hybridized carbons (Fsp3) is 0.500. The van der Waals surface area contributed by atoms with Gasteiger partial charge in [0.2, 0.25) is 0 Å². The first kappa shape index (κ1) is 15.8. The zero-order valence-electron chi connectivity index (χ0n) is 10.9. The number of ether oxygens (including phenoxy) is 2. The number of hydrogen-bond donors (Lipinski definition) is 1. The zero-order valence-corrected chi connectivity index (χ0v) is 11.7. The molecule has 0 saturated carbocycles. The Balaban J connectivity index is 2.39. The zero-order chi connectivity index (χ0) is 14.1. The number of hydrogen-bond acceptors (Lipinski definition) is 4. The van der Waals surface area contributed by atoms with Crippen LogP contribution in [0.15, 0.2) is 18.2 Å². The first-order valence-corrected chi connectivity index (χ1v) is 6.63. The summed E-state index contributed by atoms with van der Waals surface area (Å²) in [6.07, 6.45) is 1.31. The molecule has 0 spiro atoms. The van der Waals surface area contributed by atoms with Gasteiger partial charge in [-0.15, -0.1) is 0 Å². The minimum absolute atomic E-state index is 0.0706. The summed E-state index contributed by atoms with van der Waals surface area (Å²) in [7, 11) is 0. The van der Waals surface area contributed by atoms with Crippen molar-refractivity contribution < 1.29 is 14.6 Å². The summed E-state index contributed by atoms with van der Waals surface area (Å²) < 4.78 is 10.7. The van der Waals surface area contributed by atoms with Crippen molar-refractivity contribution in [1.29, 1.82) is 5.26 Å². The van der Waals surface area contributed by atoms with Crippen LogP contribution in [0, 0.1) is 11.3 Å². The number of aliphatic hydroxyl groups excluding tert-OH is 1. The Morgan fingerprint density at radius 2 is 2.21 bits per heavy atom. The van der Waals surface area contributed by atoms with E-state index in [4.69, 9.17) is 26.3 Å². The fourth-order valence-corrected chi connectivity index (χ4v) is 1.57. The van der Waals surface area contributed by atoms with Crippen molar-refractivity contribution >= 4 is 11.6 Å². The standard InChI is InChI=1S/C14H18ClNO3/c1-2-3-6-18-9-13(17)10-19-14-7-12(15)5-4-11(14)8-16/h4-5,7,13,17H,2-3,6,9-10H2,1H3. The molecule has 0 heterocycles. The van der Waals surface area contributed by atoms with E-state index in [0.717, 1.165) is 12.8 Å². The number of nitriles is 1. The molecule has 1 N–H and O–H groups in total. The molecule has 0 aliphatic heterocycles. The second kappa shape index (κ2) is 8.76. The van der Waals surface area contributed by atoms with E-state index >= 15 is 0 Å². The first-order chi connectivity index (χ1) is 9.17. The van der Waals surface area contributed by atoms with Gasteiger partial charge in [0.15, 0.2) is 0 Å². The van der Waals surface area contributed by atoms with Gasteiger partial charge in [-0.25, -0.2) is 0 Å². The summed E-state index contributed by atoms with van der Waals surface area (Å²) >= 11 is 5.83. The lowest BCUT2D eigenvalue weighted by atomic mass is 10.2. The summed E-state index contributed by atoms with van der Waals surface area (Å²) in [5.41, 5.74) is 0.392. The highest BCUT2D eigenvalue weighted by Gasteiger charge is 2.09. The lowest BCUT2D eigenvalue weighted by Gasteiger charge is -2.13. The average Bonchev–Trinajstić information content (AvgIpc) is 2.41. The third kappa shape index (κ3) is 5.93. The molecule has 1 aromatic carbocycles. The summed E-state index contributed by atoms with van der Waals surface area (Å²) in [5, 5.41) is 19.1. The number of rotatable bonds is 8. The summed E-state index contributed by atoms with van der Waals surface area (Å²) in [6, 6.07) is 6.78. The number of benzene rings is 1.